The first-order valence-corrected chi connectivity index (χ1v) is 8.45. The minimum Gasteiger partial charge on any atom is -0.376 e. The molecule has 0 aliphatic rings. The van der Waals surface area contributed by atoms with Crippen LogP contribution in [0.15, 0.2) is 33.2 Å². The highest BCUT2D eigenvalue weighted by Gasteiger charge is 2.05. The number of hydrazone groups is 1. The number of anilines is 1. The summed E-state index contributed by atoms with van der Waals surface area (Å²) in [5.74, 6) is -0.175. The average molecular weight is 380 g/mol. The molecule has 0 fully saturated rings. The highest BCUT2D eigenvalue weighted by Crippen LogP contribution is 2.21. The van der Waals surface area contributed by atoms with Crippen LogP contribution < -0.4 is 10.7 Å². The van der Waals surface area contributed by atoms with E-state index in [4.69, 9.17) is 0 Å². The fourth-order valence-electron chi connectivity index (χ4n) is 2.23. The van der Waals surface area contributed by atoms with E-state index in [1.807, 2.05) is 26.0 Å². The van der Waals surface area contributed by atoms with E-state index in [2.05, 4.69) is 50.8 Å². The van der Waals surface area contributed by atoms with Crippen LogP contribution in [0.25, 0.3) is 0 Å². The molecule has 4 nitrogen and oxygen atoms in total. The maximum atomic E-state index is 11.8. The van der Waals surface area contributed by atoms with Crippen molar-refractivity contribution in [2.75, 3.05) is 11.9 Å². The number of rotatable bonds is 5. The molecule has 0 aliphatic carbocycles. The number of amides is 1. The van der Waals surface area contributed by atoms with Gasteiger partial charge in [0.2, 0.25) is 0 Å². The number of thiophene rings is 1. The van der Waals surface area contributed by atoms with Crippen LogP contribution in [0.3, 0.4) is 0 Å². The summed E-state index contributed by atoms with van der Waals surface area (Å²) in [6, 6.07) is 8.07. The van der Waals surface area contributed by atoms with Crippen LogP contribution in [0, 0.1) is 20.8 Å². The molecule has 0 spiro atoms. The third-order valence-electron chi connectivity index (χ3n) is 3.08. The Kier molecular flexibility index (Phi) is 5.74. The highest BCUT2D eigenvalue weighted by atomic mass is 79.9. The van der Waals surface area contributed by atoms with E-state index >= 15 is 0 Å². The van der Waals surface area contributed by atoms with Crippen LogP contribution in [0.1, 0.15) is 21.6 Å². The van der Waals surface area contributed by atoms with Crippen molar-refractivity contribution in [1.82, 2.24) is 5.43 Å². The Morgan fingerprint density at radius 3 is 2.55 bits per heavy atom. The lowest BCUT2D eigenvalue weighted by Gasteiger charge is -2.13. The molecule has 22 heavy (non-hydrogen) atoms. The topological polar surface area (TPSA) is 53.5 Å². The number of halogens is 1. The monoisotopic (exact) mass is 379 g/mol. The van der Waals surface area contributed by atoms with E-state index < -0.39 is 0 Å². The Balaban J connectivity index is 1.87. The highest BCUT2D eigenvalue weighted by molar-refractivity contribution is 9.11. The molecule has 1 aromatic heterocycles. The molecular formula is C16H18BrN3OS. The van der Waals surface area contributed by atoms with E-state index in [-0.39, 0.29) is 12.5 Å². The number of hydrogen-bond donors (Lipinski definition) is 2. The predicted molar refractivity (Wildman–Crippen MR) is 96.9 cm³/mol. The van der Waals surface area contributed by atoms with Gasteiger partial charge in [-0.1, -0.05) is 17.7 Å². The summed E-state index contributed by atoms with van der Waals surface area (Å²) < 4.78 is 1.03. The van der Waals surface area contributed by atoms with Crippen molar-refractivity contribution < 1.29 is 4.79 Å². The zero-order valence-electron chi connectivity index (χ0n) is 12.7. The van der Waals surface area contributed by atoms with E-state index in [1.165, 1.54) is 5.56 Å². The van der Waals surface area contributed by atoms with Crippen LogP contribution >= 0.6 is 27.3 Å². The molecule has 2 N–H and O–H groups in total. The molecule has 0 saturated carbocycles. The van der Waals surface area contributed by atoms with Crippen LogP contribution in [-0.4, -0.2) is 18.7 Å². The van der Waals surface area contributed by atoms with Gasteiger partial charge in [-0.25, -0.2) is 5.43 Å². The van der Waals surface area contributed by atoms with Crippen molar-refractivity contribution in [3.63, 3.8) is 0 Å². The second-order valence-corrected chi connectivity index (χ2v) is 7.56. The third-order valence-corrected chi connectivity index (χ3v) is 4.64. The molecular weight excluding hydrogens is 362 g/mol. The SMILES string of the molecule is Cc1cc(C)c(NCC(=O)N/N=C\c2ccc(Br)s2)c(C)c1. The lowest BCUT2D eigenvalue weighted by molar-refractivity contribution is -0.119. The van der Waals surface area contributed by atoms with Crippen molar-refractivity contribution >= 4 is 45.1 Å². The molecule has 1 amide bonds. The van der Waals surface area contributed by atoms with Crippen molar-refractivity contribution in [2.24, 2.45) is 5.10 Å². The molecule has 0 atom stereocenters. The van der Waals surface area contributed by atoms with Crippen molar-refractivity contribution in [1.29, 1.82) is 0 Å². The lowest BCUT2D eigenvalue weighted by atomic mass is 10.1. The second-order valence-electron chi connectivity index (χ2n) is 5.06. The van der Waals surface area contributed by atoms with Gasteiger partial charge in [0.15, 0.2) is 0 Å². The summed E-state index contributed by atoms with van der Waals surface area (Å²) in [6.07, 6.45) is 1.63. The average Bonchev–Trinajstić information content (AvgIpc) is 2.83. The molecule has 1 aromatic carbocycles. The van der Waals surface area contributed by atoms with Gasteiger partial charge in [0, 0.05) is 10.6 Å². The fourth-order valence-corrected chi connectivity index (χ4v) is 3.53. The first-order valence-electron chi connectivity index (χ1n) is 6.84. The number of benzene rings is 1. The van der Waals surface area contributed by atoms with Gasteiger partial charge in [-0.05, 0) is 60.0 Å². The molecule has 0 aliphatic heterocycles. The van der Waals surface area contributed by atoms with Gasteiger partial charge in [0.1, 0.15) is 0 Å². The third kappa shape index (κ3) is 4.68. The number of hydrogen-bond acceptors (Lipinski definition) is 4. The van der Waals surface area contributed by atoms with E-state index in [0.29, 0.717) is 0 Å². The summed E-state index contributed by atoms with van der Waals surface area (Å²) in [7, 11) is 0. The smallest absolute Gasteiger partial charge is 0.259 e. The van der Waals surface area contributed by atoms with Crippen LogP contribution in [-0.2, 0) is 4.79 Å². The zero-order valence-corrected chi connectivity index (χ0v) is 15.1. The van der Waals surface area contributed by atoms with Crippen molar-refractivity contribution in [3.05, 3.63) is 49.6 Å². The Labute approximate surface area is 142 Å². The van der Waals surface area contributed by atoms with Gasteiger partial charge in [0.05, 0.1) is 16.5 Å². The molecule has 0 radical (unpaired) electrons. The summed E-state index contributed by atoms with van der Waals surface area (Å²) >= 11 is 4.94. The summed E-state index contributed by atoms with van der Waals surface area (Å²) in [4.78, 5) is 12.8. The van der Waals surface area contributed by atoms with E-state index in [1.54, 1.807) is 17.6 Å². The minimum atomic E-state index is -0.175. The molecule has 6 heteroatoms. The van der Waals surface area contributed by atoms with Crippen molar-refractivity contribution in [2.45, 2.75) is 20.8 Å². The maximum Gasteiger partial charge on any atom is 0.259 e. The van der Waals surface area contributed by atoms with Crippen LogP contribution in [0.4, 0.5) is 5.69 Å². The van der Waals surface area contributed by atoms with Crippen molar-refractivity contribution in [3.8, 4) is 0 Å². The first-order chi connectivity index (χ1) is 10.5. The number of carbonyl (C=O) groups excluding carboxylic acids is 1. The normalized spacial score (nSPS) is 10.9. The molecule has 1 heterocycles. The van der Waals surface area contributed by atoms with Gasteiger partial charge in [0.25, 0.3) is 5.91 Å². The first kappa shape index (κ1) is 16.7. The number of carbonyl (C=O) groups is 1. The molecule has 0 unspecified atom stereocenters. The van der Waals surface area contributed by atoms with Gasteiger partial charge >= 0.3 is 0 Å². The largest absolute Gasteiger partial charge is 0.376 e. The Morgan fingerprint density at radius 1 is 1.27 bits per heavy atom. The maximum absolute atomic E-state index is 11.8. The lowest BCUT2D eigenvalue weighted by Crippen LogP contribution is -2.26. The number of nitrogens with zero attached hydrogens (tertiary/aromatic N) is 1. The molecule has 0 bridgehead atoms. The quantitative estimate of drug-likeness (QED) is 0.609. The Bertz CT molecular complexity index is 686. The van der Waals surface area contributed by atoms with Crippen LogP contribution in [0.2, 0.25) is 0 Å². The van der Waals surface area contributed by atoms with Crippen LogP contribution in [0.5, 0.6) is 0 Å². The number of nitrogens with one attached hydrogen (secondary N) is 2. The molecule has 2 aromatic rings. The van der Waals surface area contributed by atoms with E-state index in [9.17, 15) is 4.79 Å². The fraction of sp³-hybridized carbons (Fsp3) is 0.250. The van der Waals surface area contributed by atoms with Gasteiger partial charge in [-0.15, -0.1) is 11.3 Å². The standard InChI is InChI=1S/C16H18BrN3OS/c1-10-6-11(2)16(12(3)7-10)18-9-15(21)20-19-8-13-4-5-14(17)22-13/h4-8,18H,9H2,1-3H3,(H,20,21)/b19-8-. The summed E-state index contributed by atoms with van der Waals surface area (Å²) in [6.45, 7) is 6.32. The Hall–Kier alpha value is -1.66. The summed E-state index contributed by atoms with van der Waals surface area (Å²) in [5.41, 5.74) is 7.02. The predicted octanol–water partition coefficient (Wildman–Crippen LogP) is 4.00. The molecule has 0 saturated heterocycles. The van der Waals surface area contributed by atoms with Gasteiger partial charge < -0.3 is 5.32 Å². The minimum absolute atomic E-state index is 0.175. The summed E-state index contributed by atoms with van der Waals surface area (Å²) in [5, 5.41) is 7.12. The molecule has 116 valence electrons. The van der Waals surface area contributed by atoms with Gasteiger partial charge in [-0.2, -0.15) is 5.10 Å². The zero-order chi connectivity index (χ0) is 16.1. The number of aryl methyl sites for hydroxylation is 3. The van der Waals surface area contributed by atoms with E-state index in [0.717, 1.165) is 25.5 Å². The molecule has 2 rings (SSSR count). The Morgan fingerprint density at radius 2 is 1.95 bits per heavy atom. The van der Waals surface area contributed by atoms with Gasteiger partial charge in [-0.3, -0.25) is 4.79 Å². The second kappa shape index (κ2) is 7.56.